The number of hydrogen-bond acceptors (Lipinski definition) is 2. The summed E-state index contributed by atoms with van der Waals surface area (Å²) in [7, 11) is 0. The van der Waals surface area contributed by atoms with Crippen LogP contribution >= 0.6 is 12.2 Å². The first-order valence-corrected chi connectivity index (χ1v) is 5.96. The van der Waals surface area contributed by atoms with Gasteiger partial charge in [-0.2, -0.15) is 18.3 Å². The van der Waals surface area contributed by atoms with Crippen molar-refractivity contribution in [3.05, 3.63) is 35.4 Å². The molecule has 1 aromatic carbocycles. The Bertz CT molecular complexity index is 470. The number of nitrogens with zero attached hydrogens (tertiary/aromatic N) is 1. The van der Waals surface area contributed by atoms with E-state index in [1.54, 1.807) is 0 Å². The van der Waals surface area contributed by atoms with Crippen LogP contribution in [0.15, 0.2) is 29.4 Å². The monoisotopic (exact) mass is 289 g/mol. The molecule has 7 heteroatoms. The van der Waals surface area contributed by atoms with Crippen LogP contribution in [0.4, 0.5) is 13.2 Å². The van der Waals surface area contributed by atoms with E-state index in [0.29, 0.717) is 10.7 Å². The third kappa shape index (κ3) is 5.69. The van der Waals surface area contributed by atoms with E-state index in [2.05, 4.69) is 15.8 Å². The van der Waals surface area contributed by atoms with Gasteiger partial charge < -0.3 is 5.32 Å². The van der Waals surface area contributed by atoms with Crippen molar-refractivity contribution in [1.29, 1.82) is 0 Å². The van der Waals surface area contributed by atoms with Gasteiger partial charge in [0.15, 0.2) is 5.11 Å². The van der Waals surface area contributed by atoms with E-state index in [9.17, 15) is 13.2 Å². The van der Waals surface area contributed by atoms with E-state index < -0.39 is 11.7 Å². The summed E-state index contributed by atoms with van der Waals surface area (Å²) in [5, 5.41) is 6.98. The van der Waals surface area contributed by atoms with Gasteiger partial charge in [0.25, 0.3) is 0 Å². The summed E-state index contributed by atoms with van der Waals surface area (Å²) in [5.41, 5.74) is 2.16. The van der Waals surface area contributed by atoms with Gasteiger partial charge in [0.2, 0.25) is 0 Å². The number of thiocarbonyl (C=S) groups is 1. The molecule has 2 N–H and O–H groups in total. The van der Waals surface area contributed by atoms with Crippen molar-refractivity contribution in [2.24, 2.45) is 5.10 Å². The number of nitrogens with one attached hydrogen (secondary N) is 2. The van der Waals surface area contributed by atoms with Crippen molar-refractivity contribution in [3.63, 3.8) is 0 Å². The molecule has 1 aromatic rings. The first-order chi connectivity index (χ1) is 8.79. The van der Waals surface area contributed by atoms with Gasteiger partial charge in [0.05, 0.1) is 11.8 Å². The maximum atomic E-state index is 12.5. The molecule has 0 spiro atoms. The molecule has 0 aromatic heterocycles. The molecule has 0 amide bonds. The molecule has 3 nitrogen and oxygen atoms in total. The minimum Gasteiger partial charge on any atom is -0.359 e. The summed E-state index contributed by atoms with van der Waals surface area (Å²) in [5.74, 6) is 0. The lowest BCUT2D eigenvalue weighted by molar-refractivity contribution is -0.137. The molecule has 104 valence electrons. The molecular formula is C12H14F3N3S. The number of halogens is 3. The van der Waals surface area contributed by atoms with Crippen LogP contribution in [0.2, 0.25) is 0 Å². The number of alkyl halides is 3. The zero-order valence-corrected chi connectivity index (χ0v) is 11.3. The highest BCUT2D eigenvalue weighted by Crippen LogP contribution is 2.29. The van der Waals surface area contributed by atoms with Gasteiger partial charge in [0.1, 0.15) is 0 Å². The molecule has 0 aliphatic heterocycles. The summed E-state index contributed by atoms with van der Waals surface area (Å²) in [4.78, 5) is 0. The molecule has 0 heterocycles. The Kier molecular flexibility index (Phi) is 5.29. The van der Waals surface area contributed by atoms with Gasteiger partial charge in [-0.05, 0) is 43.8 Å². The Morgan fingerprint density at radius 3 is 2.63 bits per heavy atom. The standard InChI is InChI=1S/C12H14F3N3S/c1-8(2)17-11(19)18-16-7-9-4-3-5-10(6-9)12(13,14)15/h3-8H,1-2H3,(H2,17,18,19)/b16-7+. The normalized spacial score (nSPS) is 11.9. The van der Waals surface area contributed by atoms with Gasteiger partial charge in [-0.1, -0.05) is 12.1 Å². The molecular weight excluding hydrogens is 275 g/mol. The van der Waals surface area contributed by atoms with Crippen LogP contribution < -0.4 is 10.7 Å². The Morgan fingerprint density at radius 1 is 1.37 bits per heavy atom. The molecule has 0 saturated carbocycles. The highest BCUT2D eigenvalue weighted by molar-refractivity contribution is 7.80. The summed E-state index contributed by atoms with van der Waals surface area (Å²) in [6.07, 6.45) is -3.07. The van der Waals surface area contributed by atoms with E-state index >= 15 is 0 Å². The number of rotatable bonds is 3. The van der Waals surface area contributed by atoms with Crippen LogP contribution in [0.25, 0.3) is 0 Å². The van der Waals surface area contributed by atoms with Crippen molar-refractivity contribution < 1.29 is 13.2 Å². The predicted molar refractivity (Wildman–Crippen MR) is 73.0 cm³/mol. The predicted octanol–water partition coefficient (Wildman–Crippen LogP) is 2.91. The molecule has 1 rings (SSSR count). The second-order valence-electron chi connectivity index (χ2n) is 4.12. The van der Waals surface area contributed by atoms with Crippen molar-refractivity contribution in [2.45, 2.75) is 26.1 Å². The van der Waals surface area contributed by atoms with Crippen molar-refractivity contribution in [1.82, 2.24) is 10.7 Å². The maximum Gasteiger partial charge on any atom is 0.416 e. The van der Waals surface area contributed by atoms with Crippen LogP contribution in [0.1, 0.15) is 25.0 Å². The maximum absolute atomic E-state index is 12.5. The summed E-state index contributed by atoms with van der Waals surface area (Å²) in [6.45, 7) is 3.81. The van der Waals surface area contributed by atoms with Crippen LogP contribution in [-0.2, 0) is 6.18 Å². The molecule has 0 atom stereocenters. The molecule has 0 saturated heterocycles. The molecule has 0 aliphatic carbocycles. The van der Waals surface area contributed by atoms with Crippen LogP contribution in [0.5, 0.6) is 0 Å². The Hall–Kier alpha value is -1.63. The fraction of sp³-hybridized carbons (Fsp3) is 0.333. The summed E-state index contributed by atoms with van der Waals surface area (Å²) in [6, 6.07) is 5.04. The fourth-order valence-electron chi connectivity index (χ4n) is 1.26. The molecule has 19 heavy (non-hydrogen) atoms. The minimum absolute atomic E-state index is 0.156. The van der Waals surface area contributed by atoms with Crippen LogP contribution in [-0.4, -0.2) is 17.4 Å². The molecule has 0 unspecified atom stereocenters. The van der Waals surface area contributed by atoms with Crippen LogP contribution in [0.3, 0.4) is 0 Å². The molecule has 0 fully saturated rings. The summed E-state index contributed by atoms with van der Waals surface area (Å²) >= 11 is 4.91. The average Bonchev–Trinajstić information content (AvgIpc) is 2.27. The Balaban J connectivity index is 2.65. The van der Waals surface area contributed by atoms with Crippen molar-refractivity contribution in [3.8, 4) is 0 Å². The van der Waals surface area contributed by atoms with Gasteiger partial charge in [0, 0.05) is 6.04 Å². The molecule has 0 aliphatic rings. The van der Waals surface area contributed by atoms with Crippen molar-refractivity contribution in [2.75, 3.05) is 0 Å². The summed E-state index contributed by atoms with van der Waals surface area (Å²) < 4.78 is 37.4. The largest absolute Gasteiger partial charge is 0.416 e. The third-order valence-corrected chi connectivity index (χ3v) is 2.22. The highest BCUT2D eigenvalue weighted by Gasteiger charge is 2.30. The lowest BCUT2D eigenvalue weighted by Gasteiger charge is -2.09. The smallest absolute Gasteiger partial charge is 0.359 e. The van der Waals surface area contributed by atoms with E-state index in [1.165, 1.54) is 18.3 Å². The third-order valence-electron chi connectivity index (χ3n) is 2.01. The lowest BCUT2D eigenvalue weighted by Crippen LogP contribution is -2.36. The van der Waals surface area contributed by atoms with E-state index in [1.807, 2.05) is 13.8 Å². The van der Waals surface area contributed by atoms with E-state index in [-0.39, 0.29) is 6.04 Å². The zero-order valence-electron chi connectivity index (χ0n) is 10.5. The number of benzene rings is 1. The first-order valence-electron chi connectivity index (χ1n) is 5.56. The van der Waals surface area contributed by atoms with Gasteiger partial charge in [-0.25, -0.2) is 0 Å². The van der Waals surface area contributed by atoms with E-state index in [0.717, 1.165) is 12.1 Å². The molecule has 0 bridgehead atoms. The average molecular weight is 289 g/mol. The van der Waals surface area contributed by atoms with Gasteiger partial charge in [-0.15, -0.1) is 0 Å². The van der Waals surface area contributed by atoms with E-state index in [4.69, 9.17) is 12.2 Å². The second kappa shape index (κ2) is 6.51. The van der Waals surface area contributed by atoms with Gasteiger partial charge >= 0.3 is 6.18 Å². The Labute approximate surface area is 114 Å². The zero-order chi connectivity index (χ0) is 14.5. The van der Waals surface area contributed by atoms with Crippen molar-refractivity contribution >= 4 is 23.5 Å². The quantitative estimate of drug-likeness (QED) is 0.510. The number of hydrogen-bond donors (Lipinski definition) is 2. The topological polar surface area (TPSA) is 36.4 Å². The lowest BCUT2D eigenvalue weighted by atomic mass is 10.1. The Morgan fingerprint density at radius 2 is 2.05 bits per heavy atom. The van der Waals surface area contributed by atoms with Gasteiger partial charge in [-0.3, -0.25) is 5.43 Å². The minimum atomic E-state index is -4.36. The first kappa shape index (κ1) is 15.4. The second-order valence-corrected chi connectivity index (χ2v) is 4.53. The highest BCUT2D eigenvalue weighted by atomic mass is 32.1. The molecule has 0 radical (unpaired) electrons. The fourth-order valence-corrected chi connectivity index (χ4v) is 1.54. The number of hydrazone groups is 1. The van der Waals surface area contributed by atoms with Crippen LogP contribution in [0, 0.1) is 0 Å². The SMILES string of the molecule is CC(C)NC(=S)N/N=C/c1cccc(C(F)(F)F)c1.